The third kappa shape index (κ3) is 2.55. The number of nitrogens with one attached hydrogen (secondary N) is 1. The van der Waals surface area contributed by atoms with Crippen molar-refractivity contribution in [3.05, 3.63) is 40.3 Å². The van der Waals surface area contributed by atoms with Gasteiger partial charge < -0.3 is 4.98 Å². The molecular formula is C13H13N3O4S. The maximum absolute atomic E-state index is 12.0. The highest BCUT2D eigenvalue weighted by molar-refractivity contribution is 7.85. The van der Waals surface area contributed by atoms with E-state index in [2.05, 4.69) is 10.1 Å². The van der Waals surface area contributed by atoms with E-state index in [-0.39, 0.29) is 12.2 Å². The third-order valence-electron chi connectivity index (χ3n) is 3.21. The summed E-state index contributed by atoms with van der Waals surface area (Å²) in [6, 6.07) is 5.28. The average Bonchev–Trinajstić information content (AvgIpc) is 2.79. The van der Waals surface area contributed by atoms with Gasteiger partial charge in [0.05, 0.1) is 35.5 Å². The third-order valence-corrected chi connectivity index (χ3v) is 3.76. The zero-order valence-corrected chi connectivity index (χ0v) is 12.3. The van der Waals surface area contributed by atoms with Crippen LogP contribution in [-0.4, -0.2) is 29.4 Å². The predicted octanol–water partition coefficient (Wildman–Crippen LogP) is 0.891. The molecule has 2 aromatic heterocycles. The molecule has 0 aliphatic heterocycles. The molecule has 0 saturated heterocycles. The number of aryl methyl sites for hydroxylation is 1. The highest BCUT2D eigenvalue weighted by Gasteiger charge is 2.10. The summed E-state index contributed by atoms with van der Waals surface area (Å²) in [4.78, 5) is 14.8. The molecular weight excluding hydrogens is 294 g/mol. The van der Waals surface area contributed by atoms with Gasteiger partial charge in [-0.25, -0.2) is 0 Å². The minimum absolute atomic E-state index is 0.0692. The molecule has 0 unspecified atom stereocenters. The first-order valence-electron chi connectivity index (χ1n) is 6.16. The summed E-state index contributed by atoms with van der Waals surface area (Å²) in [5.74, 6) is 0. The van der Waals surface area contributed by atoms with E-state index in [9.17, 15) is 13.2 Å². The van der Waals surface area contributed by atoms with Crippen molar-refractivity contribution < 1.29 is 12.6 Å². The molecule has 3 rings (SSSR count). The summed E-state index contributed by atoms with van der Waals surface area (Å²) in [7, 11) is -1.74. The van der Waals surface area contributed by atoms with E-state index < -0.39 is 10.1 Å². The summed E-state index contributed by atoms with van der Waals surface area (Å²) in [5.41, 5.74) is 1.78. The number of aromatic nitrogens is 3. The molecule has 21 heavy (non-hydrogen) atoms. The largest absolute Gasteiger partial charge is 0.321 e. The second-order valence-corrected chi connectivity index (χ2v) is 6.47. The molecule has 0 saturated carbocycles. The van der Waals surface area contributed by atoms with Crippen molar-refractivity contribution in [2.24, 2.45) is 7.05 Å². The fourth-order valence-corrected chi connectivity index (χ4v) is 2.63. The Morgan fingerprint density at radius 2 is 2.10 bits per heavy atom. The second kappa shape index (κ2) is 4.68. The van der Waals surface area contributed by atoms with Crippen molar-refractivity contribution in [3.8, 4) is 0 Å². The van der Waals surface area contributed by atoms with Crippen LogP contribution < -0.4 is 5.56 Å². The Hall–Kier alpha value is -2.19. The summed E-state index contributed by atoms with van der Waals surface area (Å²) in [5, 5.41) is 5.45. The van der Waals surface area contributed by atoms with E-state index in [1.165, 1.54) is 6.20 Å². The molecule has 0 radical (unpaired) electrons. The normalized spacial score (nSPS) is 12.3. The van der Waals surface area contributed by atoms with Crippen LogP contribution in [0.4, 0.5) is 0 Å². The Morgan fingerprint density at radius 3 is 2.81 bits per heavy atom. The maximum Gasteiger partial charge on any atom is 0.264 e. The van der Waals surface area contributed by atoms with Crippen molar-refractivity contribution in [1.82, 2.24) is 14.8 Å². The number of H-pyrrole nitrogens is 1. The van der Waals surface area contributed by atoms with E-state index >= 15 is 0 Å². The molecule has 2 heterocycles. The van der Waals surface area contributed by atoms with Gasteiger partial charge in [-0.1, -0.05) is 12.1 Å². The van der Waals surface area contributed by atoms with Crippen LogP contribution in [0.2, 0.25) is 0 Å². The van der Waals surface area contributed by atoms with E-state index in [0.717, 1.165) is 17.2 Å². The Balaban J connectivity index is 2.16. The number of hydrogen-bond donors (Lipinski definition) is 1. The molecule has 110 valence electrons. The zero-order valence-electron chi connectivity index (χ0n) is 11.5. The number of fused-ring (bicyclic) bond motifs is 3. The van der Waals surface area contributed by atoms with Gasteiger partial charge in [0.25, 0.3) is 15.7 Å². The Morgan fingerprint density at radius 1 is 1.33 bits per heavy atom. The number of rotatable bonds is 3. The molecule has 3 aromatic rings. The fourth-order valence-electron chi connectivity index (χ4n) is 2.28. The fraction of sp³-hybridized carbons (Fsp3) is 0.231. The topological polar surface area (TPSA) is 94.0 Å². The molecule has 0 atom stereocenters. The summed E-state index contributed by atoms with van der Waals surface area (Å²) in [6.07, 6.45) is 2.52. The summed E-state index contributed by atoms with van der Waals surface area (Å²) in [6.45, 7) is -0.0692. The first kappa shape index (κ1) is 13.8. The molecule has 8 heteroatoms. The Kier molecular flexibility index (Phi) is 3.07. The van der Waals surface area contributed by atoms with Gasteiger partial charge in [-0.2, -0.15) is 13.5 Å². The lowest BCUT2D eigenvalue weighted by Gasteiger charge is -2.05. The molecule has 0 aliphatic rings. The zero-order chi connectivity index (χ0) is 15.2. The van der Waals surface area contributed by atoms with E-state index in [4.69, 9.17) is 4.18 Å². The van der Waals surface area contributed by atoms with E-state index in [1.54, 1.807) is 23.9 Å². The molecule has 0 aliphatic carbocycles. The highest BCUT2D eigenvalue weighted by atomic mass is 32.2. The van der Waals surface area contributed by atoms with Crippen molar-refractivity contribution in [2.45, 2.75) is 6.61 Å². The number of benzene rings is 1. The molecule has 0 spiro atoms. The predicted molar refractivity (Wildman–Crippen MR) is 78.5 cm³/mol. The van der Waals surface area contributed by atoms with Gasteiger partial charge in [-0.05, 0) is 11.6 Å². The Bertz CT molecular complexity index is 1000. The maximum atomic E-state index is 12.0. The molecule has 1 N–H and O–H groups in total. The van der Waals surface area contributed by atoms with Crippen LogP contribution >= 0.6 is 0 Å². The molecule has 0 bridgehead atoms. The smallest absolute Gasteiger partial charge is 0.264 e. The monoisotopic (exact) mass is 307 g/mol. The van der Waals surface area contributed by atoms with Gasteiger partial charge in [0, 0.05) is 12.4 Å². The first-order valence-corrected chi connectivity index (χ1v) is 7.98. The summed E-state index contributed by atoms with van der Waals surface area (Å²) >= 11 is 0. The van der Waals surface area contributed by atoms with Gasteiger partial charge in [-0.3, -0.25) is 13.7 Å². The van der Waals surface area contributed by atoms with Crippen LogP contribution in [0, 0.1) is 0 Å². The Labute approximate surface area is 120 Å². The van der Waals surface area contributed by atoms with Crippen molar-refractivity contribution in [1.29, 1.82) is 0 Å². The first-order chi connectivity index (χ1) is 9.85. The number of pyridine rings is 1. The molecule has 0 fully saturated rings. The quantitative estimate of drug-likeness (QED) is 0.725. The van der Waals surface area contributed by atoms with Gasteiger partial charge >= 0.3 is 0 Å². The molecule has 1 aromatic carbocycles. The standard InChI is InChI=1S/C13H13N3O4S/c1-16-12-9-4-3-8(7-20-21(2,18)19)5-11(9)15-13(17)10(12)6-14-16/h3-6H,7H2,1-2H3,(H,15,17). The van der Waals surface area contributed by atoms with Crippen LogP contribution in [0.1, 0.15) is 5.56 Å². The number of aromatic amines is 1. The van der Waals surface area contributed by atoms with Gasteiger partial charge in [-0.15, -0.1) is 0 Å². The lowest BCUT2D eigenvalue weighted by Crippen LogP contribution is -2.07. The van der Waals surface area contributed by atoms with E-state index in [1.807, 2.05) is 6.07 Å². The van der Waals surface area contributed by atoms with Crippen molar-refractivity contribution >= 4 is 31.9 Å². The number of hydrogen-bond acceptors (Lipinski definition) is 5. The lowest BCUT2D eigenvalue weighted by molar-refractivity contribution is 0.312. The van der Waals surface area contributed by atoms with Crippen LogP contribution in [0.15, 0.2) is 29.2 Å². The van der Waals surface area contributed by atoms with Crippen LogP contribution in [0.5, 0.6) is 0 Å². The van der Waals surface area contributed by atoms with Crippen LogP contribution in [0.3, 0.4) is 0 Å². The van der Waals surface area contributed by atoms with Gasteiger partial charge in [0.1, 0.15) is 0 Å². The van der Waals surface area contributed by atoms with E-state index in [0.29, 0.717) is 16.5 Å². The SMILES string of the molecule is Cn1ncc2c(=O)[nH]c3cc(COS(C)(=O)=O)ccc3c21. The van der Waals surface area contributed by atoms with Crippen LogP contribution in [-0.2, 0) is 28.0 Å². The van der Waals surface area contributed by atoms with Crippen molar-refractivity contribution in [3.63, 3.8) is 0 Å². The second-order valence-electron chi connectivity index (χ2n) is 4.83. The minimum atomic E-state index is -3.50. The minimum Gasteiger partial charge on any atom is -0.321 e. The molecule has 7 nitrogen and oxygen atoms in total. The number of nitrogens with zero attached hydrogens (tertiary/aromatic N) is 2. The average molecular weight is 307 g/mol. The molecule has 0 amide bonds. The lowest BCUT2D eigenvalue weighted by atomic mass is 10.1. The van der Waals surface area contributed by atoms with Crippen molar-refractivity contribution in [2.75, 3.05) is 6.26 Å². The van der Waals surface area contributed by atoms with Crippen LogP contribution in [0.25, 0.3) is 21.8 Å². The highest BCUT2D eigenvalue weighted by Crippen LogP contribution is 2.21. The van der Waals surface area contributed by atoms with Gasteiger partial charge in [0.15, 0.2) is 0 Å². The van der Waals surface area contributed by atoms with Gasteiger partial charge in [0.2, 0.25) is 0 Å². The summed E-state index contributed by atoms with van der Waals surface area (Å²) < 4.78 is 28.4.